The number of fused-ring (bicyclic) bond motifs is 4. The molecule has 0 spiro atoms. The van der Waals surface area contributed by atoms with Gasteiger partial charge in [-0.05, 0) is 62.5 Å². The van der Waals surface area contributed by atoms with Crippen molar-refractivity contribution in [1.82, 2.24) is 25.2 Å². The number of nitrogens with zero attached hydrogens (tertiary/aromatic N) is 2. The molecule has 51 heavy (non-hydrogen) atoms. The molecule has 13 nitrogen and oxygen atoms in total. The second-order valence-corrected chi connectivity index (χ2v) is 17.0. The van der Waals surface area contributed by atoms with E-state index in [0.29, 0.717) is 25.1 Å². The van der Waals surface area contributed by atoms with Gasteiger partial charge >= 0.3 is 6.09 Å². The number of alkyl carbamates (subject to hydrolysis) is 1. The SMILES string of the molecule is C=C[C@H]1C[C@]1(NC(=O)[C@@H]1C[C@@H]2CN1C(=O)[C@H](C(C)(C)C)NC(=O)OCCCCC/C=C/c1cc3ccccc3nc1O2)C(=O)NS(=O)(=O)C1CC1. The van der Waals surface area contributed by atoms with E-state index in [2.05, 4.69) is 21.9 Å². The van der Waals surface area contributed by atoms with E-state index in [0.717, 1.165) is 35.7 Å². The number of sulfonamides is 1. The Labute approximate surface area is 298 Å². The molecule has 1 aromatic carbocycles. The molecule has 0 unspecified atom stereocenters. The Morgan fingerprint density at radius 1 is 1.14 bits per heavy atom. The summed E-state index contributed by atoms with van der Waals surface area (Å²) in [5.41, 5.74) is -0.842. The van der Waals surface area contributed by atoms with E-state index in [-0.39, 0.29) is 26.0 Å². The summed E-state index contributed by atoms with van der Waals surface area (Å²) in [5.74, 6) is -2.16. The van der Waals surface area contributed by atoms with Crippen molar-refractivity contribution in [3.8, 4) is 5.88 Å². The summed E-state index contributed by atoms with van der Waals surface area (Å²) < 4.78 is 39.5. The van der Waals surface area contributed by atoms with E-state index >= 15 is 0 Å². The Kier molecular flexibility index (Phi) is 10.2. The lowest BCUT2D eigenvalue weighted by Gasteiger charge is -2.35. The summed E-state index contributed by atoms with van der Waals surface area (Å²) in [7, 11) is -3.89. The standard InChI is InChI=1S/C37H47N5O8S/c1-5-25-21-37(25,34(45)41-51(47,48)27-16-17-27)40-31(43)29-20-26-22-42(29)33(44)30(36(2,3)4)39-35(46)49-18-12-8-6-7-9-14-24-19-23-13-10-11-15-28(23)38-32(24)50-26/h5,9-11,13-15,19,25-27,29-30H,1,6-8,12,16-18,20-22H2,2-4H3,(H,39,46)(H,40,43)(H,41,45)/b14-9+/t25-,26+,29-,30+,37+/m0/s1. The number of pyridine rings is 1. The Balaban J connectivity index is 1.33. The largest absolute Gasteiger partial charge is 0.472 e. The third kappa shape index (κ3) is 8.05. The van der Waals surface area contributed by atoms with Crippen LogP contribution in [-0.4, -0.2) is 84.2 Å². The highest BCUT2D eigenvalue weighted by molar-refractivity contribution is 7.91. The van der Waals surface area contributed by atoms with Crippen molar-refractivity contribution < 1.29 is 37.1 Å². The molecular formula is C37H47N5O8S. The molecule has 1 saturated heterocycles. The minimum Gasteiger partial charge on any atom is -0.472 e. The van der Waals surface area contributed by atoms with Crippen LogP contribution in [0, 0.1) is 11.3 Å². The lowest BCUT2D eigenvalue weighted by molar-refractivity contribution is -0.142. The highest BCUT2D eigenvalue weighted by atomic mass is 32.2. The van der Waals surface area contributed by atoms with Crippen molar-refractivity contribution in [3.63, 3.8) is 0 Å². The van der Waals surface area contributed by atoms with E-state index in [1.807, 2.05) is 42.5 Å². The number of benzene rings is 1. The second kappa shape index (κ2) is 14.3. The van der Waals surface area contributed by atoms with Gasteiger partial charge in [-0.25, -0.2) is 18.2 Å². The Morgan fingerprint density at radius 3 is 2.61 bits per heavy atom. The van der Waals surface area contributed by atoms with Gasteiger partial charge in [0.15, 0.2) is 0 Å². The summed E-state index contributed by atoms with van der Waals surface area (Å²) in [5, 5.41) is 5.84. The number of allylic oxidation sites excluding steroid dienone is 1. The van der Waals surface area contributed by atoms with Gasteiger partial charge in [-0.3, -0.25) is 19.1 Å². The fourth-order valence-corrected chi connectivity index (χ4v) is 8.13. The van der Waals surface area contributed by atoms with Crippen LogP contribution in [0.25, 0.3) is 17.0 Å². The van der Waals surface area contributed by atoms with Gasteiger partial charge in [-0.15, -0.1) is 6.58 Å². The van der Waals surface area contributed by atoms with Crippen molar-refractivity contribution in [3.05, 3.63) is 54.6 Å². The molecule has 14 heteroatoms. The maximum absolute atomic E-state index is 14.4. The molecule has 3 N–H and O–H groups in total. The zero-order valence-corrected chi connectivity index (χ0v) is 30.2. The average molecular weight is 722 g/mol. The van der Waals surface area contributed by atoms with Crippen molar-refractivity contribution in [2.45, 2.75) is 101 Å². The van der Waals surface area contributed by atoms with Crippen molar-refractivity contribution >= 4 is 50.8 Å². The number of carbonyl (C=O) groups excluding carboxylic acids is 4. The Morgan fingerprint density at radius 2 is 1.90 bits per heavy atom. The Bertz CT molecular complexity index is 1850. The van der Waals surface area contributed by atoms with Crippen molar-refractivity contribution in [2.75, 3.05) is 13.2 Å². The molecule has 2 aromatic rings. The first-order valence-corrected chi connectivity index (χ1v) is 19.2. The number of para-hydroxylation sites is 1. The molecule has 2 aliphatic carbocycles. The molecule has 4 amide bonds. The van der Waals surface area contributed by atoms with Crippen LogP contribution in [0.4, 0.5) is 4.79 Å². The minimum absolute atomic E-state index is 0.0158. The monoisotopic (exact) mass is 721 g/mol. The second-order valence-electron chi connectivity index (χ2n) is 15.1. The van der Waals surface area contributed by atoms with Crippen LogP contribution in [0.2, 0.25) is 0 Å². The van der Waals surface area contributed by atoms with Crippen LogP contribution in [0.1, 0.15) is 77.7 Å². The lowest BCUT2D eigenvalue weighted by atomic mass is 9.85. The van der Waals surface area contributed by atoms with Gasteiger partial charge in [0, 0.05) is 23.3 Å². The summed E-state index contributed by atoms with van der Waals surface area (Å²) in [6.45, 7) is 9.36. The van der Waals surface area contributed by atoms with Gasteiger partial charge < -0.3 is 25.0 Å². The molecule has 5 atom stereocenters. The van der Waals surface area contributed by atoms with Crippen LogP contribution in [0.5, 0.6) is 5.88 Å². The van der Waals surface area contributed by atoms with Gasteiger partial charge in [-0.2, -0.15) is 0 Å². The van der Waals surface area contributed by atoms with Crippen LogP contribution < -0.4 is 20.1 Å². The van der Waals surface area contributed by atoms with E-state index in [4.69, 9.17) is 14.5 Å². The normalized spacial score (nSPS) is 28.2. The first-order valence-electron chi connectivity index (χ1n) is 17.7. The van der Waals surface area contributed by atoms with Crippen LogP contribution in [-0.2, 0) is 29.1 Å². The van der Waals surface area contributed by atoms with Gasteiger partial charge in [0.2, 0.25) is 27.7 Å². The van der Waals surface area contributed by atoms with E-state index in [1.54, 1.807) is 20.8 Å². The number of hydrogen-bond acceptors (Lipinski definition) is 9. The predicted octanol–water partition coefficient (Wildman–Crippen LogP) is 3.98. The number of nitrogens with one attached hydrogen (secondary N) is 3. The smallest absolute Gasteiger partial charge is 0.407 e. The van der Waals surface area contributed by atoms with E-state index < -0.39 is 74.1 Å². The summed E-state index contributed by atoms with van der Waals surface area (Å²) in [4.78, 5) is 61.3. The minimum atomic E-state index is -3.89. The van der Waals surface area contributed by atoms with E-state index in [1.165, 1.54) is 11.0 Å². The third-order valence-corrected chi connectivity index (χ3v) is 11.8. The number of rotatable bonds is 6. The summed E-state index contributed by atoms with van der Waals surface area (Å²) >= 11 is 0. The maximum atomic E-state index is 14.4. The molecule has 3 fully saturated rings. The molecule has 1 aromatic heterocycles. The number of aromatic nitrogens is 1. The highest BCUT2D eigenvalue weighted by Crippen LogP contribution is 2.45. The zero-order chi connectivity index (χ0) is 36.6. The summed E-state index contributed by atoms with van der Waals surface area (Å²) in [6.07, 6.45) is 8.39. The molecule has 6 rings (SSSR count). The molecule has 0 radical (unpaired) electrons. The van der Waals surface area contributed by atoms with Crippen LogP contribution in [0.15, 0.2) is 49.1 Å². The molecule has 2 bridgehead atoms. The van der Waals surface area contributed by atoms with Gasteiger partial charge in [0.25, 0.3) is 5.91 Å². The number of carbonyl (C=O) groups is 4. The van der Waals surface area contributed by atoms with Crippen molar-refractivity contribution in [1.29, 1.82) is 0 Å². The maximum Gasteiger partial charge on any atom is 0.407 e. The first-order chi connectivity index (χ1) is 24.2. The predicted molar refractivity (Wildman–Crippen MR) is 191 cm³/mol. The number of hydrogen-bond donors (Lipinski definition) is 3. The first kappa shape index (κ1) is 36.3. The zero-order valence-electron chi connectivity index (χ0n) is 29.4. The number of amides is 4. The number of cyclic esters (lactones) is 1. The quantitative estimate of drug-likeness (QED) is 0.373. The molecular weight excluding hydrogens is 675 g/mol. The number of ether oxygens (including phenoxy) is 2. The highest BCUT2D eigenvalue weighted by Gasteiger charge is 2.62. The average Bonchev–Trinajstić information content (AvgIpc) is 4.00. The molecule has 3 heterocycles. The van der Waals surface area contributed by atoms with Crippen LogP contribution in [0.3, 0.4) is 0 Å². The fourth-order valence-electron chi connectivity index (χ4n) is 6.77. The molecule has 2 aliphatic heterocycles. The Hall–Kier alpha value is -4.46. The third-order valence-electron chi connectivity index (χ3n) is 10.0. The fraction of sp³-hybridized carbons (Fsp3) is 0.541. The van der Waals surface area contributed by atoms with E-state index in [9.17, 15) is 27.6 Å². The molecule has 274 valence electrons. The molecule has 4 aliphatic rings. The topological polar surface area (TPSA) is 173 Å². The van der Waals surface area contributed by atoms with Gasteiger partial charge in [-0.1, -0.05) is 57.2 Å². The van der Waals surface area contributed by atoms with Crippen LogP contribution >= 0.6 is 0 Å². The van der Waals surface area contributed by atoms with Gasteiger partial charge in [0.1, 0.15) is 23.7 Å². The molecule has 2 saturated carbocycles. The van der Waals surface area contributed by atoms with Crippen molar-refractivity contribution in [2.24, 2.45) is 11.3 Å². The van der Waals surface area contributed by atoms with Gasteiger partial charge in [0.05, 0.1) is 23.9 Å². The summed E-state index contributed by atoms with van der Waals surface area (Å²) in [6, 6.07) is 7.47. The lowest BCUT2D eigenvalue weighted by Crippen LogP contribution is -2.60.